The zero-order valence-electron chi connectivity index (χ0n) is 11.7. The average molecular weight is 314 g/mol. The molecule has 1 aromatic rings. The monoisotopic (exact) mass is 314 g/mol. The smallest absolute Gasteiger partial charge is 0.269 e. The van der Waals surface area contributed by atoms with Crippen LogP contribution in [0.3, 0.4) is 0 Å². The molecular formula is C13H18N2O5S. The lowest BCUT2D eigenvalue weighted by molar-refractivity contribution is -0.385. The highest BCUT2D eigenvalue weighted by atomic mass is 32.2. The molecule has 1 aromatic carbocycles. The lowest BCUT2D eigenvalue weighted by Gasteiger charge is -2.31. The topological polar surface area (TPSA) is 101 Å². The molecule has 1 unspecified atom stereocenters. The quantitative estimate of drug-likeness (QED) is 0.667. The van der Waals surface area contributed by atoms with Crippen LogP contribution in [0.5, 0.6) is 0 Å². The first-order chi connectivity index (χ1) is 9.86. The molecule has 1 aliphatic heterocycles. The number of hydrogen-bond donors (Lipinski definition) is 1. The van der Waals surface area contributed by atoms with Gasteiger partial charge in [-0.05, 0) is 37.3 Å². The van der Waals surface area contributed by atoms with Crippen LogP contribution < -0.4 is 0 Å². The van der Waals surface area contributed by atoms with Gasteiger partial charge in [-0.3, -0.25) is 10.1 Å². The normalized spacial score (nSPS) is 20.4. The van der Waals surface area contributed by atoms with E-state index < -0.39 is 14.9 Å². The van der Waals surface area contributed by atoms with Crippen molar-refractivity contribution in [2.75, 3.05) is 19.7 Å². The second-order valence-electron chi connectivity index (χ2n) is 5.26. The summed E-state index contributed by atoms with van der Waals surface area (Å²) in [6, 6.07) is 3.75. The van der Waals surface area contributed by atoms with Crippen molar-refractivity contribution >= 4 is 15.7 Å². The summed E-state index contributed by atoms with van der Waals surface area (Å²) >= 11 is 0. The van der Waals surface area contributed by atoms with Gasteiger partial charge in [-0.15, -0.1) is 0 Å². The summed E-state index contributed by atoms with van der Waals surface area (Å²) in [6.45, 7) is 2.21. The van der Waals surface area contributed by atoms with Crippen LogP contribution in [0.15, 0.2) is 23.1 Å². The van der Waals surface area contributed by atoms with Crippen LogP contribution in [-0.4, -0.2) is 42.4 Å². The number of piperidine rings is 1. The van der Waals surface area contributed by atoms with E-state index in [1.807, 2.05) is 0 Å². The molecule has 8 heteroatoms. The van der Waals surface area contributed by atoms with Crippen LogP contribution >= 0.6 is 0 Å². The van der Waals surface area contributed by atoms with Gasteiger partial charge in [0.1, 0.15) is 0 Å². The fourth-order valence-electron chi connectivity index (χ4n) is 2.57. The van der Waals surface area contributed by atoms with E-state index in [4.69, 9.17) is 0 Å². The summed E-state index contributed by atoms with van der Waals surface area (Å²) in [7, 11) is -3.68. The van der Waals surface area contributed by atoms with E-state index in [1.54, 1.807) is 6.92 Å². The molecule has 1 N–H and O–H groups in total. The summed E-state index contributed by atoms with van der Waals surface area (Å²) < 4.78 is 26.6. The maximum Gasteiger partial charge on any atom is 0.269 e. The Morgan fingerprint density at radius 2 is 2.19 bits per heavy atom. The predicted molar refractivity (Wildman–Crippen MR) is 76.4 cm³/mol. The van der Waals surface area contributed by atoms with Gasteiger partial charge in [0.15, 0.2) is 0 Å². The molecule has 0 aliphatic carbocycles. The van der Waals surface area contributed by atoms with Crippen LogP contribution in [0.1, 0.15) is 18.4 Å². The second kappa shape index (κ2) is 6.08. The third-order valence-corrected chi connectivity index (χ3v) is 5.75. The molecule has 0 radical (unpaired) electrons. The van der Waals surface area contributed by atoms with E-state index in [2.05, 4.69) is 0 Å². The van der Waals surface area contributed by atoms with Crippen LogP contribution in [-0.2, 0) is 10.0 Å². The number of nitro benzene ring substituents is 1. The van der Waals surface area contributed by atoms with Crippen LogP contribution in [0.25, 0.3) is 0 Å². The molecule has 1 saturated heterocycles. The Hall–Kier alpha value is -1.51. The van der Waals surface area contributed by atoms with Crippen molar-refractivity contribution < 1.29 is 18.4 Å². The van der Waals surface area contributed by atoms with Gasteiger partial charge in [0.2, 0.25) is 10.0 Å². The highest BCUT2D eigenvalue weighted by molar-refractivity contribution is 7.89. The number of hydrogen-bond acceptors (Lipinski definition) is 5. The van der Waals surface area contributed by atoms with Crippen LogP contribution in [0.4, 0.5) is 5.69 Å². The van der Waals surface area contributed by atoms with Crippen molar-refractivity contribution in [1.29, 1.82) is 0 Å². The lowest BCUT2D eigenvalue weighted by Crippen LogP contribution is -2.41. The Morgan fingerprint density at radius 1 is 1.48 bits per heavy atom. The fraction of sp³-hybridized carbons (Fsp3) is 0.538. The Bertz CT molecular complexity index is 644. The van der Waals surface area contributed by atoms with Gasteiger partial charge in [0, 0.05) is 31.8 Å². The summed E-state index contributed by atoms with van der Waals surface area (Å²) in [5.41, 5.74) is 0.230. The van der Waals surface area contributed by atoms with Crippen molar-refractivity contribution in [3.8, 4) is 0 Å². The summed E-state index contributed by atoms with van der Waals surface area (Å²) in [5.74, 6) is -0.0492. The molecule has 7 nitrogen and oxygen atoms in total. The minimum atomic E-state index is -3.68. The minimum absolute atomic E-state index is 0.0364. The molecule has 1 fully saturated rings. The number of benzene rings is 1. The molecule has 0 spiro atoms. The van der Waals surface area contributed by atoms with Crippen LogP contribution in [0, 0.1) is 23.0 Å². The van der Waals surface area contributed by atoms with E-state index in [1.165, 1.54) is 22.5 Å². The van der Waals surface area contributed by atoms with Gasteiger partial charge in [-0.25, -0.2) is 8.42 Å². The number of aliphatic hydroxyl groups excluding tert-OH is 1. The zero-order chi connectivity index (χ0) is 15.6. The number of nitro groups is 1. The molecule has 2 rings (SSSR count). The molecule has 1 heterocycles. The predicted octanol–water partition coefficient (Wildman–Crippen LogP) is 1.30. The van der Waals surface area contributed by atoms with Crippen molar-refractivity contribution in [1.82, 2.24) is 4.31 Å². The van der Waals surface area contributed by atoms with Crippen molar-refractivity contribution in [2.24, 2.45) is 5.92 Å². The Labute approximate surface area is 123 Å². The van der Waals surface area contributed by atoms with Gasteiger partial charge >= 0.3 is 0 Å². The Morgan fingerprint density at radius 3 is 2.76 bits per heavy atom. The van der Waals surface area contributed by atoms with Crippen molar-refractivity contribution in [2.45, 2.75) is 24.7 Å². The number of sulfonamides is 1. The zero-order valence-corrected chi connectivity index (χ0v) is 12.5. The second-order valence-corrected chi connectivity index (χ2v) is 7.17. The Balaban J connectivity index is 2.33. The molecule has 21 heavy (non-hydrogen) atoms. The maximum absolute atomic E-state index is 12.6. The number of rotatable bonds is 4. The highest BCUT2D eigenvalue weighted by Gasteiger charge is 2.31. The van der Waals surface area contributed by atoms with E-state index in [0.717, 1.165) is 6.42 Å². The molecule has 0 bridgehead atoms. The first-order valence-electron chi connectivity index (χ1n) is 6.72. The maximum atomic E-state index is 12.6. The number of nitrogens with zero attached hydrogens (tertiary/aromatic N) is 2. The number of aryl methyl sites for hydroxylation is 1. The van der Waals surface area contributed by atoms with Crippen molar-refractivity contribution in [3.05, 3.63) is 33.9 Å². The lowest BCUT2D eigenvalue weighted by atomic mass is 10.0. The van der Waals surface area contributed by atoms with Gasteiger partial charge in [0.25, 0.3) is 5.69 Å². The molecule has 116 valence electrons. The summed E-state index contributed by atoms with van der Waals surface area (Å²) in [4.78, 5) is 10.3. The van der Waals surface area contributed by atoms with E-state index >= 15 is 0 Å². The van der Waals surface area contributed by atoms with E-state index in [-0.39, 0.29) is 29.7 Å². The third kappa shape index (κ3) is 3.22. The molecular weight excluding hydrogens is 296 g/mol. The minimum Gasteiger partial charge on any atom is -0.396 e. The van der Waals surface area contributed by atoms with Gasteiger partial charge in [0.05, 0.1) is 9.82 Å². The molecule has 1 aliphatic rings. The van der Waals surface area contributed by atoms with E-state index in [0.29, 0.717) is 18.5 Å². The van der Waals surface area contributed by atoms with Crippen molar-refractivity contribution in [3.63, 3.8) is 0 Å². The fourth-order valence-corrected chi connectivity index (χ4v) is 4.33. The molecule has 0 saturated carbocycles. The summed E-state index contributed by atoms with van der Waals surface area (Å²) in [6.07, 6.45) is 1.51. The standard InChI is InChI=1S/C13H18N2O5S/c1-10-7-12(15(17)18)4-5-13(10)21(19,20)14-6-2-3-11(8-14)9-16/h4-5,7,11,16H,2-3,6,8-9H2,1H3. The first-order valence-corrected chi connectivity index (χ1v) is 8.16. The van der Waals surface area contributed by atoms with E-state index in [9.17, 15) is 23.6 Å². The molecule has 0 aromatic heterocycles. The first kappa shape index (κ1) is 15.9. The number of aliphatic hydroxyl groups is 1. The largest absolute Gasteiger partial charge is 0.396 e. The van der Waals surface area contributed by atoms with Gasteiger partial charge in [-0.2, -0.15) is 4.31 Å². The molecule has 1 atom stereocenters. The average Bonchev–Trinajstić information content (AvgIpc) is 2.46. The molecule has 0 amide bonds. The SMILES string of the molecule is Cc1cc([N+](=O)[O-])ccc1S(=O)(=O)N1CCCC(CO)C1. The van der Waals surface area contributed by atoms with Gasteiger partial charge < -0.3 is 5.11 Å². The number of non-ortho nitro benzene ring substituents is 1. The third-order valence-electron chi connectivity index (χ3n) is 3.73. The Kier molecular flexibility index (Phi) is 4.60. The summed E-state index contributed by atoms with van der Waals surface area (Å²) in [5, 5.41) is 19.9. The van der Waals surface area contributed by atoms with Gasteiger partial charge in [-0.1, -0.05) is 0 Å². The highest BCUT2D eigenvalue weighted by Crippen LogP contribution is 2.27. The van der Waals surface area contributed by atoms with Crippen LogP contribution in [0.2, 0.25) is 0 Å².